The fourth-order valence-electron chi connectivity index (χ4n) is 4.04. The van der Waals surface area contributed by atoms with E-state index in [0.29, 0.717) is 12.3 Å². The Hall–Kier alpha value is -4.03. The monoisotopic (exact) mass is 437 g/mol. The molecule has 6 heteroatoms. The fraction of sp³-hybridized carbons (Fsp3) is 0.148. The van der Waals surface area contributed by atoms with Gasteiger partial charge in [-0.25, -0.2) is 4.99 Å². The second-order valence-electron chi connectivity index (χ2n) is 8.16. The number of hydrogen-bond acceptors (Lipinski definition) is 5. The van der Waals surface area contributed by atoms with Crippen molar-refractivity contribution >= 4 is 17.3 Å². The molecule has 0 aliphatic carbocycles. The van der Waals surface area contributed by atoms with Gasteiger partial charge in [-0.3, -0.25) is 4.79 Å². The van der Waals surface area contributed by atoms with Gasteiger partial charge in [-0.1, -0.05) is 78.0 Å². The molecule has 164 valence electrons. The van der Waals surface area contributed by atoms with Crippen LogP contribution in [0.25, 0.3) is 11.3 Å². The number of hydrogen-bond donors (Lipinski definition) is 1. The predicted octanol–water partition coefficient (Wildman–Crippen LogP) is 4.56. The summed E-state index contributed by atoms with van der Waals surface area (Å²) in [5.41, 5.74) is 3.00. The molecule has 1 unspecified atom stereocenters. The standard InChI is InChI=1S/C27H23N3O3/c1-30-16-15-27(32,26(30)31)24-18-23(33-29-24)21-13-8-14-22(17-21)28-25(19-9-4-2-5-10-19)20-11-6-3-7-12-20/h2-14,17-18,32H,15-16H2,1H3. The van der Waals surface area contributed by atoms with Crippen LogP contribution >= 0.6 is 0 Å². The zero-order valence-corrected chi connectivity index (χ0v) is 18.2. The Morgan fingerprint density at radius 2 is 1.64 bits per heavy atom. The molecule has 2 heterocycles. The van der Waals surface area contributed by atoms with E-state index in [2.05, 4.69) is 5.16 Å². The van der Waals surface area contributed by atoms with Gasteiger partial charge in [0.2, 0.25) is 0 Å². The van der Waals surface area contributed by atoms with Crippen LogP contribution in [0.3, 0.4) is 0 Å². The van der Waals surface area contributed by atoms with Crippen molar-refractivity contribution < 1.29 is 14.4 Å². The van der Waals surface area contributed by atoms with E-state index in [1.807, 2.05) is 84.9 Å². The van der Waals surface area contributed by atoms with Crippen molar-refractivity contribution in [3.63, 3.8) is 0 Å². The molecule has 6 nitrogen and oxygen atoms in total. The molecule has 1 amide bonds. The van der Waals surface area contributed by atoms with Gasteiger partial charge in [0, 0.05) is 42.8 Å². The largest absolute Gasteiger partial charge is 0.374 e. The summed E-state index contributed by atoms with van der Waals surface area (Å²) < 4.78 is 5.51. The highest BCUT2D eigenvalue weighted by atomic mass is 16.5. The molecule has 1 aliphatic rings. The van der Waals surface area contributed by atoms with Crippen molar-refractivity contribution in [1.82, 2.24) is 10.1 Å². The Bertz CT molecular complexity index is 1270. The van der Waals surface area contributed by atoms with Gasteiger partial charge in [0.25, 0.3) is 5.91 Å². The molecule has 0 saturated carbocycles. The number of amides is 1. The zero-order chi connectivity index (χ0) is 22.8. The van der Waals surface area contributed by atoms with Crippen LogP contribution in [0.2, 0.25) is 0 Å². The second-order valence-corrected chi connectivity index (χ2v) is 8.16. The lowest BCUT2D eigenvalue weighted by Crippen LogP contribution is -2.36. The Labute approximate surface area is 191 Å². The molecule has 1 N–H and O–H groups in total. The van der Waals surface area contributed by atoms with Crippen molar-refractivity contribution in [3.8, 4) is 11.3 Å². The van der Waals surface area contributed by atoms with E-state index >= 15 is 0 Å². The molecule has 1 atom stereocenters. The third-order valence-corrected chi connectivity index (χ3v) is 5.91. The third kappa shape index (κ3) is 3.97. The first kappa shape index (κ1) is 20.8. The number of benzene rings is 3. The van der Waals surface area contributed by atoms with Crippen LogP contribution in [0.5, 0.6) is 0 Å². The molecular formula is C27H23N3O3. The normalized spacial score (nSPS) is 17.9. The molecule has 4 aromatic rings. The number of aliphatic imine (C=N–C) groups is 1. The average Bonchev–Trinajstić information content (AvgIpc) is 3.46. The first-order valence-electron chi connectivity index (χ1n) is 10.8. The fourth-order valence-corrected chi connectivity index (χ4v) is 4.04. The summed E-state index contributed by atoms with van der Waals surface area (Å²) in [5, 5.41) is 14.9. The first-order chi connectivity index (χ1) is 16.0. The number of rotatable bonds is 5. The lowest BCUT2D eigenvalue weighted by Gasteiger charge is -2.16. The summed E-state index contributed by atoms with van der Waals surface area (Å²) in [6.45, 7) is 0.476. The minimum absolute atomic E-state index is 0.231. The number of aliphatic hydroxyl groups is 1. The number of carbonyl (C=O) groups excluding carboxylic acids is 1. The second kappa shape index (κ2) is 8.48. The minimum Gasteiger partial charge on any atom is -0.374 e. The summed E-state index contributed by atoms with van der Waals surface area (Å²) in [4.78, 5) is 18.8. The lowest BCUT2D eigenvalue weighted by atomic mass is 9.97. The quantitative estimate of drug-likeness (QED) is 0.464. The van der Waals surface area contributed by atoms with Gasteiger partial charge < -0.3 is 14.5 Å². The van der Waals surface area contributed by atoms with E-state index < -0.39 is 5.60 Å². The highest BCUT2D eigenvalue weighted by Gasteiger charge is 2.47. The topological polar surface area (TPSA) is 78.9 Å². The SMILES string of the molecule is CN1CCC(O)(c2cc(-c3cccc(N=C(c4ccccc4)c4ccccc4)c3)on2)C1=O. The Balaban J connectivity index is 1.51. The number of likely N-dealkylation sites (N-methyl/N-ethyl adjacent to an activating group) is 1. The third-order valence-electron chi connectivity index (χ3n) is 5.91. The molecule has 1 aliphatic heterocycles. The van der Waals surface area contributed by atoms with E-state index in [-0.39, 0.29) is 18.0 Å². The molecular weight excluding hydrogens is 414 g/mol. The molecule has 0 radical (unpaired) electrons. The Morgan fingerprint density at radius 1 is 0.970 bits per heavy atom. The molecule has 0 spiro atoms. The Morgan fingerprint density at radius 3 is 2.24 bits per heavy atom. The van der Waals surface area contributed by atoms with E-state index in [0.717, 1.165) is 28.1 Å². The maximum absolute atomic E-state index is 12.4. The van der Waals surface area contributed by atoms with Gasteiger partial charge >= 0.3 is 0 Å². The predicted molar refractivity (Wildman–Crippen MR) is 126 cm³/mol. The van der Waals surface area contributed by atoms with Crippen molar-refractivity contribution in [3.05, 3.63) is 108 Å². The van der Waals surface area contributed by atoms with Gasteiger partial charge in [-0.05, 0) is 12.1 Å². The van der Waals surface area contributed by atoms with Crippen LogP contribution in [0, 0.1) is 0 Å². The molecule has 3 aromatic carbocycles. The lowest BCUT2D eigenvalue weighted by molar-refractivity contribution is -0.143. The van der Waals surface area contributed by atoms with Gasteiger partial charge in [-0.2, -0.15) is 0 Å². The Kier molecular flexibility index (Phi) is 5.36. The molecule has 1 aromatic heterocycles. The molecule has 0 bridgehead atoms. The van der Waals surface area contributed by atoms with Crippen LogP contribution in [-0.4, -0.2) is 40.4 Å². The van der Waals surface area contributed by atoms with Crippen molar-refractivity contribution in [2.45, 2.75) is 12.0 Å². The molecule has 33 heavy (non-hydrogen) atoms. The first-order valence-corrected chi connectivity index (χ1v) is 10.8. The van der Waals surface area contributed by atoms with E-state index in [1.54, 1.807) is 13.1 Å². The van der Waals surface area contributed by atoms with Gasteiger partial charge in [0.1, 0.15) is 5.69 Å². The van der Waals surface area contributed by atoms with Crippen LogP contribution in [0.1, 0.15) is 23.2 Å². The van der Waals surface area contributed by atoms with Crippen LogP contribution in [-0.2, 0) is 10.4 Å². The van der Waals surface area contributed by atoms with E-state index in [9.17, 15) is 9.90 Å². The summed E-state index contributed by atoms with van der Waals surface area (Å²) in [5.74, 6) is 0.106. The highest BCUT2D eigenvalue weighted by molar-refractivity contribution is 6.14. The summed E-state index contributed by atoms with van der Waals surface area (Å²) in [6.07, 6.45) is 0.288. The maximum Gasteiger partial charge on any atom is 0.260 e. The van der Waals surface area contributed by atoms with Crippen molar-refractivity contribution in [2.24, 2.45) is 4.99 Å². The van der Waals surface area contributed by atoms with Crippen LogP contribution in [0.4, 0.5) is 5.69 Å². The van der Waals surface area contributed by atoms with E-state index in [4.69, 9.17) is 9.52 Å². The highest BCUT2D eigenvalue weighted by Crippen LogP contribution is 2.35. The average molecular weight is 437 g/mol. The number of nitrogens with zero attached hydrogens (tertiary/aromatic N) is 3. The number of carbonyl (C=O) groups is 1. The number of aromatic nitrogens is 1. The summed E-state index contributed by atoms with van der Waals surface area (Å²) in [6, 6.07) is 29.3. The van der Waals surface area contributed by atoms with Gasteiger partial charge in [-0.15, -0.1) is 0 Å². The summed E-state index contributed by atoms with van der Waals surface area (Å²) in [7, 11) is 1.67. The van der Waals surface area contributed by atoms with Gasteiger partial charge in [0.15, 0.2) is 11.4 Å². The smallest absolute Gasteiger partial charge is 0.260 e. The summed E-state index contributed by atoms with van der Waals surface area (Å²) >= 11 is 0. The van der Waals surface area contributed by atoms with Crippen molar-refractivity contribution in [1.29, 1.82) is 0 Å². The maximum atomic E-state index is 12.4. The molecule has 1 fully saturated rings. The van der Waals surface area contributed by atoms with Crippen LogP contribution < -0.4 is 0 Å². The van der Waals surface area contributed by atoms with Crippen molar-refractivity contribution in [2.75, 3.05) is 13.6 Å². The van der Waals surface area contributed by atoms with Crippen LogP contribution in [0.15, 0.2) is 101 Å². The van der Waals surface area contributed by atoms with E-state index in [1.165, 1.54) is 4.90 Å². The van der Waals surface area contributed by atoms with Gasteiger partial charge in [0.05, 0.1) is 11.4 Å². The minimum atomic E-state index is -1.64. The molecule has 5 rings (SSSR count). The molecule has 1 saturated heterocycles. The number of likely N-dealkylation sites (tertiary alicyclic amines) is 1. The zero-order valence-electron chi connectivity index (χ0n) is 18.2.